The van der Waals surface area contributed by atoms with Gasteiger partial charge < -0.3 is 6.15 Å². The van der Waals surface area contributed by atoms with Gasteiger partial charge in [-0.15, -0.1) is 12.4 Å². The molecule has 0 aliphatic rings. The van der Waals surface area contributed by atoms with Crippen molar-refractivity contribution >= 4 is 30.0 Å². The van der Waals surface area contributed by atoms with Crippen LogP contribution in [0.15, 0.2) is 61.2 Å². The molecule has 2 aromatic carbocycles. The van der Waals surface area contributed by atoms with Gasteiger partial charge >= 0.3 is 0 Å². The summed E-state index contributed by atoms with van der Waals surface area (Å²) in [5.74, 6) is -0.973. The maximum Gasteiger partial charge on any atom is 0.233 e. The maximum absolute atomic E-state index is 12.0. The normalized spacial score (nSPS) is 8.80. The van der Waals surface area contributed by atoms with Gasteiger partial charge in [-0.2, -0.15) is 0 Å². The molecule has 3 N–H and O–H groups in total. The number of benzene rings is 2. The topological polar surface area (TPSA) is 69.1 Å². The Morgan fingerprint density at radius 2 is 1.25 bits per heavy atom. The van der Waals surface area contributed by atoms with Crippen LogP contribution in [-0.2, 0) is 0 Å². The predicted molar refractivity (Wildman–Crippen MR) is 83.9 cm³/mol. The summed E-state index contributed by atoms with van der Waals surface area (Å²) in [5.41, 5.74) is 1.73. The van der Waals surface area contributed by atoms with E-state index < -0.39 is 11.6 Å². The molecule has 0 fully saturated rings. The molecule has 0 heterocycles. The molecular weight excluding hydrogens is 274 g/mol. The van der Waals surface area contributed by atoms with Crippen LogP contribution in [0.5, 0.6) is 0 Å². The Morgan fingerprint density at radius 3 is 1.70 bits per heavy atom. The number of carbonyl (C=O) groups is 2. The van der Waals surface area contributed by atoms with Crippen molar-refractivity contribution in [2.45, 2.75) is 0 Å². The molecule has 0 amide bonds. The first-order valence-corrected chi connectivity index (χ1v) is 5.59. The summed E-state index contributed by atoms with van der Waals surface area (Å²) in [7, 11) is 0. The number of halogens is 1. The monoisotopic (exact) mass is 289 g/mol. The molecule has 2 aromatic rings. The third-order valence-electron chi connectivity index (χ3n) is 2.65. The number of rotatable bonds is 4. The average Bonchev–Trinajstić information content (AvgIpc) is 2.47. The molecule has 0 atom stereocenters. The van der Waals surface area contributed by atoms with Crippen LogP contribution >= 0.6 is 12.4 Å². The SMILES string of the molecule is C=Cc1ccc(C(=O)C(=O)c2ccccc2)cc1.Cl.N. The second kappa shape index (κ2) is 8.04. The number of carbonyl (C=O) groups excluding carboxylic acids is 2. The molecule has 3 nitrogen and oxygen atoms in total. The molecule has 0 unspecified atom stereocenters. The third kappa shape index (κ3) is 3.88. The van der Waals surface area contributed by atoms with Crippen molar-refractivity contribution in [1.29, 1.82) is 0 Å². The molecule has 20 heavy (non-hydrogen) atoms. The van der Waals surface area contributed by atoms with E-state index in [9.17, 15) is 9.59 Å². The lowest BCUT2D eigenvalue weighted by Crippen LogP contribution is -2.14. The van der Waals surface area contributed by atoms with E-state index in [2.05, 4.69) is 6.58 Å². The van der Waals surface area contributed by atoms with Crippen LogP contribution in [-0.4, -0.2) is 11.6 Å². The summed E-state index contributed by atoms with van der Waals surface area (Å²) in [6, 6.07) is 15.4. The molecule has 0 radical (unpaired) electrons. The fourth-order valence-electron chi connectivity index (χ4n) is 1.62. The predicted octanol–water partition coefficient (Wildman–Crippen LogP) is 3.98. The fraction of sp³-hybridized carbons (Fsp3) is 0. The first-order valence-electron chi connectivity index (χ1n) is 5.59. The third-order valence-corrected chi connectivity index (χ3v) is 2.65. The van der Waals surface area contributed by atoms with Crippen LogP contribution in [0.25, 0.3) is 6.08 Å². The highest BCUT2D eigenvalue weighted by Crippen LogP contribution is 2.10. The highest BCUT2D eigenvalue weighted by Gasteiger charge is 2.17. The Bertz CT molecular complexity index is 592. The summed E-state index contributed by atoms with van der Waals surface area (Å²) < 4.78 is 0. The van der Waals surface area contributed by atoms with Gasteiger partial charge in [-0.25, -0.2) is 0 Å². The van der Waals surface area contributed by atoms with Crippen LogP contribution in [0, 0.1) is 0 Å². The van der Waals surface area contributed by atoms with Crippen molar-refractivity contribution in [1.82, 2.24) is 6.15 Å². The quantitative estimate of drug-likeness (QED) is 0.683. The Balaban J connectivity index is 0.00000180. The van der Waals surface area contributed by atoms with Crippen LogP contribution in [0.2, 0.25) is 0 Å². The summed E-state index contributed by atoms with van der Waals surface area (Å²) in [5, 5.41) is 0. The van der Waals surface area contributed by atoms with Crippen molar-refractivity contribution in [3.63, 3.8) is 0 Å². The van der Waals surface area contributed by atoms with E-state index >= 15 is 0 Å². The Kier molecular flexibility index (Phi) is 7.15. The first-order chi connectivity index (χ1) is 8.72. The standard InChI is InChI=1S/C16H12O2.ClH.H3N/c1-2-12-8-10-14(11-9-12)16(18)15(17)13-6-4-3-5-7-13;;/h2-11H,1H2;1H;1H3. The molecule has 0 aromatic heterocycles. The van der Waals surface area contributed by atoms with Gasteiger partial charge in [-0.1, -0.05) is 67.3 Å². The van der Waals surface area contributed by atoms with Gasteiger partial charge in [0, 0.05) is 11.1 Å². The van der Waals surface area contributed by atoms with Crippen LogP contribution in [0.1, 0.15) is 26.3 Å². The number of ketones is 2. The van der Waals surface area contributed by atoms with Gasteiger partial charge in [-0.05, 0) is 5.56 Å². The zero-order valence-electron chi connectivity index (χ0n) is 10.9. The van der Waals surface area contributed by atoms with Crippen LogP contribution in [0.3, 0.4) is 0 Å². The molecule has 0 saturated heterocycles. The molecule has 0 saturated carbocycles. The largest absolute Gasteiger partial charge is 0.344 e. The maximum atomic E-state index is 12.0. The number of hydrogen-bond acceptors (Lipinski definition) is 3. The summed E-state index contributed by atoms with van der Waals surface area (Å²) >= 11 is 0. The molecule has 0 bridgehead atoms. The van der Waals surface area contributed by atoms with Gasteiger partial charge in [0.05, 0.1) is 0 Å². The van der Waals surface area contributed by atoms with Crippen molar-refractivity contribution in [3.05, 3.63) is 77.9 Å². The van der Waals surface area contributed by atoms with E-state index in [-0.39, 0.29) is 18.6 Å². The second-order valence-electron chi connectivity index (χ2n) is 3.85. The number of Topliss-reactive ketones (excluding diaryl/α,β-unsaturated/α-hetero) is 2. The van der Waals surface area contributed by atoms with E-state index in [4.69, 9.17) is 0 Å². The fourth-order valence-corrected chi connectivity index (χ4v) is 1.62. The molecule has 2 rings (SSSR count). The molecule has 104 valence electrons. The minimum absolute atomic E-state index is 0. The highest BCUT2D eigenvalue weighted by molar-refractivity contribution is 6.49. The van der Waals surface area contributed by atoms with E-state index in [1.807, 2.05) is 0 Å². The van der Waals surface area contributed by atoms with Gasteiger partial charge in [0.15, 0.2) is 0 Å². The molecule has 0 aliphatic carbocycles. The summed E-state index contributed by atoms with van der Waals surface area (Å²) in [4.78, 5) is 23.9. The average molecular weight is 290 g/mol. The lowest BCUT2D eigenvalue weighted by Gasteiger charge is -2.01. The van der Waals surface area contributed by atoms with Crippen molar-refractivity contribution in [2.24, 2.45) is 0 Å². The van der Waals surface area contributed by atoms with Crippen LogP contribution in [0.4, 0.5) is 0 Å². The second-order valence-corrected chi connectivity index (χ2v) is 3.85. The van der Waals surface area contributed by atoms with E-state index in [1.54, 1.807) is 60.7 Å². The first kappa shape index (κ1) is 17.8. The summed E-state index contributed by atoms with van der Waals surface area (Å²) in [6.45, 7) is 3.64. The lowest BCUT2D eigenvalue weighted by molar-refractivity contribution is 0.0817. The zero-order valence-corrected chi connectivity index (χ0v) is 11.7. The molecule has 0 aliphatic heterocycles. The van der Waals surface area contributed by atoms with Crippen LogP contribution < -0.4 is 6.15 Å². The lowest BCUT2D eigenvalue weighted by atomic mass is 10.0. The Labute approximate surface area is 124 Å². The van der Waals surface area contributed by atoms with Gasteiger partial charge in [-0.3, -0.25) is 9.59 Å². The number of hydrogen-bond donors (Lipinski definition) is 1. The molecular formula is C16H16ClNO2. The van der Waals surface area contributed by atoms with Gasteiger partial charge in [0.2, 0.25) is 11.6 Å². The van der Waals surface area contributed by atoms with Crippen molar-refractivity contribution < 1.29 is 9.59 Å². The van der Waals surface area contributed by atoms with Crippen molar-refractivity contribution in [2.75, 3.05) is 0 Å². The van der Waals surface area contributed by atoms with Crippen molar-refractivity contribution in [3.8, 4) is 0 Å². The highest BCUT2D eigenvalue weighted by atomic mass is 35.5. The van der Waals surface area contributed by atoms with E-state index in [0.29, 0.717) is 11.1 Å². The van der Waals surface area contributed by atoms with Gasteiger partial charge in [0.1, 0.15) is 0 Å². The molecule has 4 heteroatoms. The van der Waals surface area contributed by atoms with E-state index in [1.165, 1.54) is 0 Å². The minimum Gasteiger partial charge on any atom is -0.344 e. The van der Waals surface area contributed by atoms with E-state index in [0.717, 1.165) is 5.56 Å². The Morgan fingerprint density at radius 1 is 0.800 bits per heavy atom. The summed E-state index contributed by atoms with van der Waals surface area (Å²) in [6.07, 6.45) is 1.69. The van der Waals surface area contributed by atoms with Gasteiger partial charge in [0.25, 0.3) is 0 Å². The minimum atomic E-state index is -0.489. The smallest absolute Gasteiger partial charge is 0.233 e. The molecule has 0 spiro atoms. The Hall–Kier alpha value is -2.23. The zero-order chi connectivity index (χ0) is 13.0.